The number of nitrogens with one attached hydrogen (secondary N) is 1. The number of benzene rings is 1. The fourth-order valence-corrected chi connectivity index (χ4v) is 2.42. The molecule has 0 aliphatic carbocycles. The van der Waals surface area contributed by atoms with E-state index >= 15 is 0 Å². The number of fused-ring (bicyclic) bond motifs is 1. The van der Waals surface area contributed by atoms with Gasteiger partial charge in [0.1, 0.15) is 11.3 Å². The van der Waals surface area contributed by atoms with Gasteiger partial charge in [0.05, 0.1) is 23.1 Å². The van der Waals surface area contributed by atoms with E-state index < -0.39 is 15.9 Å². The third-order valence-corrected chi connectivity index (χ3v) is 3.57. The highest BCUT2D eigenvalue weighted by molar-refractivity contribution is 7.91. The van der Waals surface area contributed by atoms with Crippen molar-refractivity contribution >= 4 is 20.9 Å². The third-order valence-electron chi connectivity index (χ3n) is 2.44. The third kappa shape index (κ3) is 2.17. The number of nitrogens with zero attached hydrogens (tertiary/aromatic N) is 1. The topological polar surface area (TPSA) is 109 Å². The van der Waals surface area contributed by atoms with Crippen LogP contribution in [0.25, 0.3) is 11.0 Å². The molecule has 1 aromatic carbocycles. The van der Waals surface area contributed by atoms with Crippen LogP contribution in [0.2, 0.25) is 0 Å². The van der Waals surface area contributed by atoms with E-state index in [1.54, 1.807) is 12.1 Å². The van der Waals surface area contributed by atoms with Crippen LogP contribution < -0.4 is 5.73 Å². The zero-order chi connectivity index (χ0) is 12.6. The van der Waals surface area contributed by atoms with Crippen LogP contribution in [0.3, 0.4) is 0 Å². The molecule has 0 saturated heterocycles. The molecule has 1 aromatic heterocycles. The summed E-state index contributed by atoms with van der Waals surface area (Å²) in [5, 5.41) is 8.94. The zero-order valence-corrected chi connectivity index (χ0v) is 10.0. The van der Waals surface area contributed by atoms with Gasteiger partial charge in [-0.25, -0.2) is 13.4 Å². The Labute approximate surface area is 98.4 Å². The van der Waals surface area contributed by atoms with Gasteiger partial charge >= 0.3 is 0 Å². The van der Waals surface area contributed by atoms with Crippen molar-refractivity contribution in [2.45, 2.75) is 10.9 Å². The molecule has 0 bridgehead atoms. The minimum Gasteiger partial charge on any atom is -0.394 e. The number of aromatic amines is 1. The molecule has 0 amide bonds. The van der Waals surface area contributed by atoms with Crippen molar-refractivity contribution in [3.05, 3.63) is 24.0 Å². The monoisotopic (exact) mass is 255 g/mol. The molecule has 0 radical (unpaired) electrons. The van der Waals surface area contributed by atoms with E-state index in [1.807, 2.05) is 0 Å². The summed E-state index contributed by atoms with van der Waals surface area (Å²) < 4.78 is 23.1. The average Bonchev–Trinajstić information content (AvgIpc) is 2.69. The molecule has 2 aromatic rings. The number of aromatic nitrogens is 2. The minimum atomic E-state index is -3.33. The fraction of sp³-hybridized carbons (Fsp3) is 0.300. The lowest BCUT2D eigenvalue weighted by Gasteiger charge is -2.01. The molecule has 0 spiro atoms. The van der Waals surface area contributed by atoms with Crippen LogP contribution >= 0.6 is 0 Å². The van der Waals surface area contributed by atoms with Gasteiger partial charge in [0.15, 0.2) is 9.84 Å². The second-order valence-electron chi connectivity index (χ2n) is 3.84. The molecule has 0 fully saturated rings. The molecule has 2 rings (SSSR count). The van der Waals surface area contributed by atoms with Gasteiger partial charge in [-0.05, 0) is 12.1 Å². The van der Waals surface area contributed by atoms with Gasteiger partial charge in [-0.1, -0.05) is 6.07 Å². The first-order valence-electron chi connectivity index (χ1n) is 4.98. The molecular formula is C10H13N3O3S. The lowest BCUT2D eigenvalue weighted by Crippen LogP contribution is -2.15. The van der Waals surface area contributed by atoms with Crippen LogP contribution in [-0.4, -0.2) is 36.4 Å². The number of rotatable bonds is 3. The van der Waals surface area contributed by atoms with Crippen LogP contribution in [0.15, 0.2) is 23.1 Å². The average molecular weight is 255 g/mol. The number of para-hydroxylation sites is 1. The first-order valence-corrected chi connectivity index (χ1v) is 6.87. The van der Waals surface area contributed by atoms with Crippen LogP contribution in [0, 0.1) is 0 Å². The maximum absolute atomic E-state index is 11.6. The Bertz CT molecular complexity index is 648. The first-order chi connectivity index (χ1) is 7.93. The molecule has 1 atom stereocenters. The van der Waals surface area contributed by atoms with Crippen LogP contribution in [0.5, 0.6) is 0 Å². The Balaban J connectivity index is 2.69. The Kier molecular flexibility index (Phi) is 2.90. The lowest BCUT2D eigenvalue weighted by atomic mass is 10.3. The predicted octanol–water partition coefficient (Wildman–Crippen LogP) is -0.0415. The fourth-order valence-electron chi connectivity index (χ4n) is 1.59. The van der Waals surface area contributed by atoms with E-state index in [2.05, 4.69) is 9.97 Å². The Hall–Kier alpha value is -1.44. The van der Waals surface area contributed by atoms with Crippen molar-refractivity contribution in [1.82, 2.24) is 9.97 Å². The highest BCUT2D eigenvalue weighted by Crippen LogP contribution is 2.22. The highest BCUT2D eigenvalue weighted by atomic mass is 32.2. The molecule has 4 N–H and O–H groups in total. The second-order valence-corrected chi connectivity index (χ2v) is 5.82. The number of H-pyrrole nitrogens is 1. The van der Waals surface area contributed by atoms with E-state index in [0.717, 1.165) is 6.26 Å². The molecule has 1 unspecified atom stereocenters. The number of aliphatic hydroxyl groups excluding tert-OH is 1. The quantitative estimate of drug-likeness (QED) is 0.713. The molecule has 0 aliphatic rings. The molecule has 1 heterocycles. The number of sulfone groups is 1. The molecule has 0 aliphatic heterocycles. The summed E-state index contributed by atoms with van der Waals surface area (Å²) in [5.41, 5.74) is 6.57. The molecule has 7 heteroatoms. The smallest absolute Gasteiger partial charge is 0.177 e. The molecule has 0 saturated carbocycles. The van der Waals surface area contributed by atoms with Crippen molar-refractivity contribution in [2.24, 2.45) is 5.73 Å². The summed E-state index contributed by atoms with van der Waals surface area (Å²) in [5.74, 6) is 0.374. The summed E-state index contributed by atoms with van der Waals surface area (Å²) in [6.45, 7) is -0.256. The molecule has 92 valence electrons. The SMILES string of the molecule is CS(=O)(=O)c1cccc2[nH]c(C(N)CO)nc12. The van der Waals surface area contributed by atoms with Crippen LogP contribution in [-0.2, 0) is 9.84 Å². The summed E-state index contributed by atoms with van der Waals surface area (Å²) >= 11 is 0. The number of hydrogen-bond donors (Lipinski definition) is 3. The van der Waals surface area contributed by atoms with Gasteiger partial charge < -0.3 is 15.8 Å². The Morgan fingerprint density at radius 1 is 1.53 bits per heavy atom. The molecular weight excluding hydrogens is 242 g/mol. The minimum absolute atomic E-state index is 0.155. The number of hydrogen-bond acceptors (Lipinski definition) is 5. The van der Waals surface area contributed by atoms with Gasteiger partial charge in [0.2, 0.25) is 0 Å². The second kappa shape index (κ2) is 4.10. The van der Waals surface area contributed by atoms with Crippen LogP contribution in [0.4, 0.5) is 0 Å². The Morgan fingerprint density at radius 3 is 2.82 bits per heavy atom. The first kappa shape index (κ1) is 12.0. The Morgan fingerprint density at radius 2 is 2.24 bits per heavy atom. The summed E-state index contributed by atoms with van der Waals surface area (Å²) in [6, 6.07) is 4.19. The summed E-state index contributed by atoms with van der Waals surface area (Å²) in [6.07, 6.45) is 1.13. The normalized spacial score (nSPS) is 14.1. The van der Waals surface area contributed by atoms with Crippen molar-refractivity contribution < 1.29 is 13.5 Å². The van der Waals surface area contributed by atoms with Crippen molar-refractivity contribution in [1.29, 1.82) is 0 Å². The highest BCUT2D eigenvalue weighted by Gasteiger charge is 2.17. The van der Waals surface area contributed by atoms with E-state index in [-0.39, 0.29) is 11.5 Å². The molecule has 6 nitrogen and oxygen atoms in total. The van der Waals surface area contributed by atoms with Gasteiger partial charge in [-0.2, -0.15) is 0 Å². The van der Waals surface area contributed by atoms with E-state index in [9.17, 15) is 8.42 Å². The van der Waals surface area contributed by atoms with Crippen molar-refractivity contribution in [3.8, 4) is 0 Å². The number of nitrogens with two attached hydrogens (primary N) is 1. The molecule has 17 heavy (non-hydrogen) atoms. The van der Waals surface area contributed by atoms with Crippen molar-refractivity contribution in [3.63, 3.8) is 0 Å². The summed E-state index contributed by atoms with van der Waals surface area (Å²) in [4.78, 5) is 7.18. The van der Waals surface area contributed by atoms with Gasteiger partial charge in [-0.15, -0.1) is 0 Å². The maximum Gasteiger partial charge on any atom is 0.177 e. The van der Waals surface area contributed by atoms with E-state index in [4.69, 9.17) is 10.8 Å². The van der Waals surface area contributed by atoms with Gasteiger partial charge in [0, 0.05) is 6.26 Å². The summed E-state index contributed by atoms with van der Waals surface area (Å²) in [7, 11) is -3.33. The lowest BCUT2D eigenvalue weighted by molar-refractivity contribution is 0.264. The standard InChI is InChI=1S/C10H13N3O3S/c1-17(15,16)8-4-2-3-7-9(8)13-10(12-7)6(11)5-14/h2-4,6,14H,5,11H2,1H3,(H,12,13). The maximum atomic E-state index is 11.6. The largest absolute Gasteiger partial charge is 0.394 e. The van der Waals surface area contributed by atoms with E-state index in [1.165, 1.54) is 6.07 Å². The number of imidazole rings is 1. The number of aliphatic hydroxyl groups is 1. The zero-order valence-electron chi connectivity index (χ0n) is 9.21. The van der Waals surface area contributed by atoms with Crippen LogP contribution in [0.1, 0.15) is 11.9 Å². The van der Waals surface area contributed by atoms with Gasteiger partial charge in [0.25, 0.3) is 0 Å². The van der Waals surface area contributed by atoms with Gasteiger partial charge in [-0.3, -0.25) is 0 Å². The van der Waals surface area contributed by atoms with Crippen molar-refractivity contribution in [2.75, 3.05) is 12.9 Å². The predicted molar refractivity (Wildman–Crippen MR) is 63.2 cm³/mol. The van der Waals surface area contributed by atoms with E-state index in [0.29, 0.717) is 16.9 Å².